The van der Waals surface area contributed by atoms with Gasteiger partial charge in [0.25, 0.3) is 0 Å². The van der Waals surface area contributed by atoms with Crippen LogP contribution in [0.2, 0.25) is 0 Å². The number of nitrogens with zero attached hydrogens (tertiary/aromatic N) is 2. The molecule has 0 aliphatic carbocycles. The lowest BCUT2D eigenvalue weighted by Gasteiger charge is -2.36. The number of nitrogens with one attached hydrogen (secondary N) is 2. The maximum atomic E-state index is 13.9. The molecule has 0 aromatic heterocycles. The van der Waals surface area contributed by atoms with Crippen LogP contribution in [0.3, 0.4) is 0 Å². The van der Waals surface area contributed by atoms with Crippen molar-refractivity contribution in [3.8, 4) is 5.75 Å². The maximum Gasteiger partial charge on any atom is 0.309 e. The van der Waals surface area contributed by atoms with Crippen molar-refractivity contribution < 1.29 is 18.7 Å². The normalized spacial score (nSPS) is 14.2. The number of carbonyl (C=O) groups is 2. The summed E-state index contributed by atoms with van der Waals surface area (Å²) in [6.07, 6.45) is 0.741. The summed E-state index contributed by atoms with van der Waals surface area (Å²) in [5.41, 5.74) is 1.45. The first-order chi connectivity index (χ1) is 15.1. The van der Waals surface area contributed by atoms with Crippen molar-refractivity contribution >= 4 is 17.5 Å². The van der Waals surface area contributed by atoms with Gasteiger partial charge in [-0.15, -0.1) is 0 Å². The van der Waals surface area contributed by atoms with Gasteiger partial charge in [-0.1, -0.05) is 30.3 Å². The van der Waals surface area contributed by atoms with Gasteiger partial charge in [0, 0.05) is 44.8 Å². The highest BCUT2D eigenvalue weighted by Crippen LogP contribution is 2.20. The van der Waals surface area contributed by atoms with E-state index in [4.69, 9.17) is 4.74 Å². The molecule has 1 aliphatic rings. The number of ether oxygens (including phenoxy) is 1. The summed E-state index contributed by atoms with van der Waals surface area (Å²) in [6, 6.07) is 14.2. The molecule has 3 rings (SSSR count). The van der Waals surface area contributed by atoms with Gasteiger partial charge < -0.3 is 20.3 Å². The highest BCUT2D eigenvalue weighted by molar-refractivity contribution is 6.35. The van der Waals surface area contributed by atoms with Gasteiger partial charge in [-0.3, -0.25) is 14.5 Å². The molecule has 2 amide bonds. The van der Waals surface area contributed by atoms with E-state index in [9.17, 15) is 14.0 Å². The largest absolute Gasteiger partial charge is 0.496 e. The van der Waals surface area contributed by atoms with E-state index < -0.39 is 11.8 Å². The van der Waals surface area contributed by atoms with Gasteiger partial charge in [0.2, 0.25) is 0 Å². The minimum absolute atomic E-state index is 0.192. The van der Waals surface area contributed by atoms with Crippen LogP contribution in [-0.4, -0.2) is 63.1 Å². The van der Waals surface area contributed by atoms with E-state index in [1.807, 2.05) is 24.3 Å². The first-order valence-electron chi connectivity index (χ1n) is 10.5. The average Bonchev–Trinajstić information content (AvgIpc) is 2.81. The highest BCUT2D eigenvalue weighted by Gasteiger charge is 2.19. The topological polar surface area (TPSA) is 73.9 Å². The fraction of sp³-hybridized carbons (Fsp3) is 0.391. The van der Waals surface area contributed by atoms with E-state index in [0.717, 1.165) is 44.7 Å². The molecule has 0 saturated carbocycles. The lowest BCUT2D eigenvalue weighted by atomic mass is 10.2. The monoisotopic (exact) mass is 428 g/mol. The van der Waals surface area contributed by atoms with E-state index in [1.165, 1.54) is 6.07 Å². The number of halogens is 1. The molecule has 1 aliphatic heterocycles. The molecule has 1 saturated heterocycles. The van der Waals surface area contributed by atoms with E-state index in [2.05, 4.69) is 20.4 Å². The van der Waals surface area contributed by atoms with Crippen LogP contribution in [0.5, 0.6) is 5.75 Å². The average molecular weight is 429 g/mol. The standard InChI is InChI=1S/C23H29FN4O3/c1-31-21-10-5-2-7-18(21)17-26-23(30)22(29)25-11-6-12-27-13-15-28(16-14-27)20-9-4-3-8-19(20)24/h2-5,7-10H,6,11-17H2,1H3,(H,25,29)(H,26,30). The molecule has 2 aromatic rings. The van der Waals surface area contributed by atoms with E-state index in [1.54, 1.807) is 25.3 Å². The van der Waals surface area contributed by atoms with Gasteiger partial charge in [-0.2, -0.15) is 0 Å². The second kappa shape index (κ2) is 11.3. The van der Waals surface area contributed by atoms with E-state index in [-0.39, 0.29) is 12.4 Å². The lowest BCUT2D eigenvalue weighted by molar-refractivity contribution is -0.139. The first-order valence-corrected chi connectivity index (χ1v) is 10.5. The number of amides is 2. The molecule has 1 heterocycles. The summed E-state index contributed by atoms with van der Waals surface area (Å²) in [4.78, 5) is 28.3. The van der Waals surface area contributed by atoms with Crippen LogP contribution < -0.4 is 20.3 Å². The molecule has 1 fully saturated rings. The fourth-order valence-electron chi connectivity index (χ4n) is 3.61. The molecule has 0 radical (unpaired) electrons. The van der Waals surface area contributed by atoms with Crippen molar-refractivity contribution in [2.75, 3.05) is 51.3 Å². The Kier molecular flexibility index (Phi) is 8.23. The first kappa shape index (κ1) is 22.6. The van der Waals surface area contributed by atoms with Crippen LogP contribution >= 0.6 is 0 Å². The summed E-state index contributed by atoms with van der Waals surface area (Å²) in [6.45, 7) is 4.66. The number of benzene rings is 2. The Hall–Kier alpha value is -3.13. The molecule has 0 atom stereocenters. The van der Waals surface area contributed by atoms with Gasteiger partial charge >= 0.3 is 11.8 Å². The second-order valence-electron chi connectivity index (χ2n) is 7.38. The molecule has 8 heteroatoms. The number of anilines is 1. The van der Waals surface area contributed by atoms with Crippen molar-refractivity contribution in [1.29, 1.82) is 0 Å². The van der Waals surface area contributed by atoms with Crippen LogP contribution in [0.4, 0.5) is 10.1 Å². The third kappa shape index (κ3) is 6.42. The third-order valence-corrected chi connectivity index (χ3v) is 5.34. The zero-order chi connectivity index (χ0) is 22.1. The third-order valence-electron chi connectivity index (χ3n) is 5.34. The quantitative estimate of drug-likeness (QED) is 0.495. The number of carbonyl (C=O) groups excluding carboxylic acids is 2. The Morgan fingerprint density at radius 2 is 1.65 bits per heavy atom. The van der Waals surface area contributed by atoms with Crippen LogP contribution in [0.15, 0.2) is 48.5 Å². The summed E-state index contributed by atoms with van der Waals surface area (Å²) >= 11 is 0. The Bertz CT molecular complexity index is 885. The smallest absolute Gasteiger partial charge is 0.309 e. The molecule has 2 N–H and O–H groups in total. The van der Waals surface area contributed by atoms with Crippen molar-refractivity contribution in [2.45, 2.75) is 13.0 Å². The summed E-state index contributed by atoms with van der Waals surface area (Å²) in [5, 5.41) is 5.27. The van der Waals surface area contributed by atoms with Crippen molar-refractivity contribution in [3.63, 3.8) is 0 Å². The summed E-state index contributed by atoms with van der Waals surface area (Å²) in [5.74, 6) is -0.829. The van der Waals surface area contributed by atoms with Crippen molar-refractivity contribution in [2.24, 2.45) is 0 Å². The SMILES string of the molecule is COc1ccccc1CNC(=O)C(=O)NCCCN1CCN(c2ccccc2F)CC1. The molecular formula is C23H29FN4O3. The number of hydrogen-bond acceptors (Lipinski definition) is 5. The number of para-hydroxylation sites is 2. The van der Waals surface area contributed by atoms with E-state index in [0.29, 0.717) is 18.0 Å². The number of methoxy groups -OCH3 is 1. The van der Waals surface area contributed by atoms with Crippen LogP contribution in [0.25, 0.3) is 0 Å². The van der Waals surface area contributed by atoms with Gasteiger partial charge in [0.05, 0.1) is 12.8 Å². The van der Waals surface area contributed by atoms with Crippen molar-refractivity contribution in [3.05, 3.63) is 59.9 Å². The maximum absolute atomic E-state index is 13.9. The lowest BCUT2D eigenvalue weighted by Crippen LogP contribution is -2.47. The van der Waals surface area contributed by atoms with Gasteiger partial charge in [0.1, 0.15) is 11.6 Å². The minimum atomic E-state index is -0.663. The zero-order valence-corrected chi connectivity index (χ0v) is 17.8. The predicted octanol–water partition coefficient (Wildman–Crippen LogP) is 1.78. The number of rotatable bonds is 8. The summed E-state index contributed by atoms with van der Waals surface area (Å²) < 4.78 is 19.2. The molecule has 2 aromatic carbocycles. The zero-order valence-electron chi connectivity index (χ0n) is 17.8. The Balaban J connectivity index is 1.31. The summed E-state index contributed by atoms with van der Waals surface area (Å²) in [7, 11) is 1.56. The van der Waals surface area contributed by atoms with Gasteiger partial charge in [-0.05, 0) is 31.2 Å². The van der Waals surface area contributed by atoms with Crippen LogP contribution in [0.1, 0.15) is 12.0 Å². The van der Waals surface area contributed by atoms with Gasteiger partial charge in [-0.25, -0.2) is 4.39 Å². The molecule has 166 valence electrons. The molecule has 0 spiro atoms. The van der Waals surface area contributed by atoms with E-state index >= 15 is 0 Å². The Labute approximate surface area is 182 Å². The predicted molar refractivity (Wildman–Crippen MR) is 118 cm³/mol. The Morgan fingerprint density at radius 3 is 2.39 bits per heavy atom. The molecule has 0 bridgehead atoms. The molecular weight excluding hydrogens is 399 g/mol. The van der Waals surface area contributed by atoms with Gasteiger partial charge in [0.15, 0.2) is 0 Å². The second-order valence-corrected chi connectivity index (χ2v) is 7.38. The molecule has 31 heavy (non-hydrogen) atoms. The molecule has 0 unspecified atom stereocenters. The number of hydrogen-bond donors (Lipinski definition) is 2. The van der Waals surface area contributed by atoms with Crippen LogP contribution in [-0.2, 0) is 16.1 Å². The highest BCUT2D eigenvalue weighted by atomic mass is 19.1. The Morgan fingerprint density at radius 1 is 0.968 bits per heavy atom. The van der Waals surface area contributed by atoms with Crippen LogP contribution in [0, 0.1) is 5.82 Å². The number of piperazine rings is 1. The fourth-order valence-corrected chi connectivity index (χ4v) is 3.61. The minimum Gasteiger partial charge on any atom is -0.496 e. The molecule has 7 nitrogen and oxygen atoms in total. The van der Waals surface area contributed by atoms with Crippen molar-refractivity contribution in [1.82, 2.24) is 15.5 Å².